The summed E-state index contributed by atoms with van der Waals surface area (Å²) in [6.07, 6.45) is 1.47. The van der Waals surface area contributed by atoms with Crippen molar-refractivity contribution in [3.63, 3.8) is 0 Å². The van der Waals surface area contributed by atoms with Crippen LogP contribution >= 0.6 is 0 Å². The average molecular weight is 246 g/mol. The second-order valence-electron chi connectivity index (χ2n) is 4.24. The van der Waals surface area contributed by atoms with E-state index in [0.717, 1.165) is 16.6 Å². The van der Waals surface area contributed by atoms with E-state index in [1.165, 1.54) is 6.20 Å². The molecule has 0 aliphatic rings. The number of aromatic amines is 1. The van der Waals surface area contributed by atoms with Crippen molar-refractivity contribution in [2.75, 3.05) is 0 Å². The van der Waals surface area contributed by atoms with Crippen molar-refractivity contribution in [1.29, 1.82) is 5.26 Å². The first-order chi connectivity index (χ1) is 9.31. The van der Waals surface area contributed by atoms with Crippen LogP contribution in [0, 0.1) is 11.3 Å². The fourth-order valence-corrected chi connectivity index (χ4v) is 2.19. The van der Waals surface area contributed by atoms with Crippen molar-refractivity contribution in [1.82, 2.24) is 4.98 Å². The van der Waals surface area contributed by atoms with Gasteiger partial charge >= 0.3 is 0 Å². The number of nitriles is 1. The molecule has 1 N–H and O–H groups in total. The van der Waals surface area contributed by atoms with Gasteiger partial charge in [-0.15, -0.1) is 0 Å². The predicted molar refractivity (Wildman–Crippen MR) is 74.7 cm³/mol. The number of H-pyrrole nitrogens is 1. The largest absolute Gasteiger partial charge is 0.359 e. The van der Waals surface area contributed by atoms with Crippen LogP contribution in [0.15, 0.2) is 59.5 Å². The highest BCUT2D eigenvalue weighted by molar-refractivity contribution is 5.93. The summed E-state index contributed by atoms with van der Waals surface area (Å²) in [5.74, 6) is 0. The fourth-order valence-electron chi connectivity index (χ4n) is 2.19. The maximum Gasteiger partial charge on any atom is 0.207 e. The van der Waals surface area contributed by atoms with Crippen LogP contribution < -0.4 is 5.43 Å². The average Bonchev–Trinajstić information content (AvgIpc) is 2.48. The molecular weight excluding hydrogens is 236 g/mol. The van der Waals surface area contributed by atoms with Crippen molar-refractivity contribution < 1.29 is 0 Å². The van der Waals surface area contributed by atoms with Gasteiger partial charge in [-0.25, -0.2) is 0 Å². The highest BCUT2D eigenvalue weighted by Gasteiger charge is 2.08. The molecule has 1 aromatic heterocycles. The number of hydrogen-bond acceptors (Lipinski definition) is 2. The first kappa shape index (κ1) is 11.2. The summed E-state index contributed by atoms with van der Waals surface area (Å²) in [6.45, 7) is 0. The molecule has 0 unspecified atom stereocenters. The monoisotopic (exact) mass is 246 g/mol. The van der Waals surface area contributed by atoms with Gasteiger partial charge in [-0.1, -0.05) is 42.5 Å². The Morgan fingerprint density at radius 2 is 1.79 bits per heavy atom. The zero-order chi connectivity index (χ0) is 13.2. The standard InChI is InChI=1S/C16H10N2O/c17-9-12-10-18-15-13(11-5-2-1-3-6-11)7-4-8-14(15)16(12)19/h1-8,10H,(H,18,19). The van der Waals surface area contributed by atoms with Crippen LogP contribution in [0.25, 0.3) is 22.0 Å². The number of para-hydroxylation sites is 1. The molecule has 0 fully saturated rings. The van der Waals surface area contributed by atoms with Crippen LogP contribution in [0.3, 0.4) is 0 Å². The number of hydrogen-bond donors (Lipinski definition) is 1. The summed E-state index contributed by atoms with van der Waals surface area (Å²) in [7, 11) is 0. The molecule has 0 aliphatic heterocycles. The Morgan fingerprint density at radius 3 is 2.53 bits per heavy atom. The number of nitrogens with one attached hydrogen (secondary N) is 1. The molecule has 90 valence electrons. The Morgan fingerprint density at radius 1 is 1.00 bits per heavy atom. The minimum atomic E-state index is -0.228. The number of fused-ring (bicyclic) bond motifs is 1. The molecule has 0 atom stereocenters. The molecular formula is C16H10N2O. The van der Waals surface area contributed by atoms with Crippen LogP contribution in [-0.2, 0) is 0 Å². The second-order valence-corrected chi connectivity index (χ2v) is 4.24. The van der Waals surface area contributed by atoms with E-state index in [1.807, 2.05) is 48.5 Å². The molecule has 0 saturated carbocycles. The summed E-state index contributed by atoms with van der Waals surface area (Å²) in [6, 6.07) is 17.3. The van der Waals surface area contributed by atoms with Crippen LogP contribution in [-0.4, -0.2) is 4.98 Å². The molecule has 3 rings (SSSR count). The fraction of sp³-hybridized carbons (Fsp3) is 0. The normalized spacial score (nSPS) is 10.3. The number of aromatic nitrogens is 1. The molecule has 0 radical (unpaired) electrons. The zero-order valence-electron chi connectivity index (χ0n) is 10.1. The Kier molecular flexibility index (Phi) is 2.62. The van der Waals surface area contributed by atoms with E-state index in [2.05, 4.69) is 4.98 Å². The lowest BCUT2D eigenvalue weighted by Crippen LogP contribution is -2.07. The van der Waals surface area contributed by atoms with Gasteiger partial charge in [0.2, 0.25) is 5.43 Å². The number of benzene rings is 2. The van der Waals surface area contributed by atoms with E-state index in [1.54, 1.807) is 6.07 Å². The lowest BCUT2D eigenvalue weighted by Gasteiger charge is -2.06. The third-order valence-electron chi connectivity index (χ3n) is 3.12. The van der Waals surface area contributed by atoms with E-state index < -0.39 is 0 Å². The highest BCUT2D eigenvalue weighted by Crippen LogP contribution is 2.25. The zero-order valence-corrected chi connectivity index (χ0v) is 10.1. The maximum absolute atomic E-state index is 12.1. The molecule has 0 saturated heterocycles. The molecule has 3 heteroatoms. The van der Waals surface area contributed by atoms with E-state index in [4.69, 9.17) is 5.26 Å². The van der Waals surface area contributed by atoms with Crippen molar-refractivity contribution >= 4 is 10.9 Å². The van der Waals surface area contributed by atoms with Gasteiger partial charge in [-0.3, -0.25) is 4.79 Å². The number of nitrogens with zero attached hydrogens (tertiary/aromatic N) is 1. The summed E-state index contributed by atoms with van der Waals surface area (Å²) >= 11 is 0. The summed E-state index contributed by atoms with van der Waals surface area (Å²) in [5, 5.41) is 9.44. The molecule has 19 heavy (non-hydrogen) atoms. The number of pyridine rings is 1. The third kappa shape index (κ3) is 1.80. The molecule has 1 heterocycles. The van der Waals surface area contributed by atoms with Gasteiger partial charge in [0.25, 0.3) is 0 Å². The quantitative estimate of drug-likeness (QED) is 0.717. The lowest BCUT2D eigenvalue weighted by atomic mass is 10.0. The van der Waals surface area contributed by atoms with Gasteiger partial charge in [-0.2, -0.15) is 5.26 Å². The Labute approximate surface area is 109 Å². The minimum absolute atomic E-state index is 0.137. The Balaban J connectivity index is 2.38. The second kappa shape index (κ2) is 4.43. The molecule has 0 spiro atoms. The molecule has 3 nitrogen and oxygen atoms in total. The van der Waals surface area contributed by atoms with E-state index in [0.29, 0.717) is 5.39 Å². The van der Waals surface area contributed by atoms with Crippen LogP contribution in [0.5, 0.6) is 0 Å². The Hall–Kier alpha value is -2.86. The Bertz CT molecular complexity index is 842. The van der Waals surface area contributed by atoms with Gasteiger partial charge in [0.1, 0.15) is 11.6 Å². The molecule has 0 amide bonds. The first-order valence-corrected chi connectivity index (χ1v) is 5.91. The van der Waals surface area contributed by atoms with E-state index in [-0.39, 0.29) is 11.0 Å². The number of rotatable bonds is 1. The summed E-state index contributed by atoms with van der Waals surface area (Å²) in [5.41, 5.74) is 2.66. The van der Waals surface area contributed by atoms with Crippen molar-refractivity contribution in [2.45, 2.75) is 0 Å². The van der Waals surface area contributed by atoms with Gasteiger partial charge < -0.3 is 4.98 Å². The van der Waals surface area contributed by atoms with Crippen molar-refractivity contribution in [2.24, 2.45) is 0 Å². The van der Waals surface area contributed by atoms with Gasteiger partial charge in [0.05, 0.1) is 5.52 Å². The highest BCUT2D eigenvalue weighted by atomic mass is 16.1. The smallest absolute Gasteiger partial charge is 0.207 e. The summed E-state index contributed by atoms with van der Waals surface area (Å²) in [4.78, 5) is 15.2. The third-order valence-corrected chi connectivity index (χ3v) is 3.12. The van der Waals surface area contributed by atoms with Crippen LogP contribution in [0.1, 0.15) is 5.56 Å². The van der Waals surface area contributed by atoms with Crippen LogP contribution in [0.4, 0.5) is 0 Å². The molecule has 3 aromatic rings. The SMILES string of the molecule is N#Cc1c[nH]c2c(-c3ccccc3)cccc2c1=O. The molecule has 2 aromatic carbocycles. The van der Waals surface area contributed by atoms with E-state index >= 15 is 0 Å². The molecule has 0 aliphatic carbocycles. The maximum atomic E-state index is 12.1. The van der Waals surface area contributed by atoms with Crippen molar-refractivity contribution in [3.05, 3.63) is 70.5 Å². The lowest BCUT2D eigenvalue weighted by molar-refractivity contribution is 1.34. The van der Waals surface area contributed by atoms with Crippen LogP contribution in [0.2, 0.25) is 0 Å². The van der Waals surface area contributed by atoms with Gasteiger partial charge in [-0.05, 0) is 11.6 Å². The van der Waals surface area contributed by atoms with Gasteiger partial charge in [0.15, 0.2) is 0 Å². The van der Waals surface area contributed by atoms with E-state index in [9.17, 15) is 4.79 Å². The molecule has 0 bridgehead atoms. The topological polar surface area (TPSA) is 56.6 Å². The first-order valence-electron chi connectivity index (χ1n) is 5.91. The van der Waals surface area contributed by atoms with Crippen molar-refractivity contribution in [3.8, 4) is 17.2 Å². The van der Waals surface area contributed by atoms with Gasteiger partial charge in [0, 0.05) is 17.1 Å². The predicted octanol–water partition coefficient (Wildman–Crippen LogP) is 3.07. The summed E-state index contributed by atoms with van der Waals surface area (Å²) < 4.78 is 0. The minimum Gasteiger partial charge on any atom is -0.359 e.